The SMILES string of the molecule is CCc1cc(C)c(N)c(F)c1. The van der Waals surface area contributed by atoms with Gasteiger partial charge >= 0.3 is 0 Å². The van der Waals surface area contributed by atoms with Gasteiger partial charge in [0, 0.05) is 0 Å². The number of rotatable bonds is 1. The van der Waals surface area contributed by atoms with E-state index >= 15 is 0 Å². The number of hydrogen-bond acceptors (Lipinski definition) is 1. The average molecular weight is 153 g/mol. The summed E-state index contributed by atoms with van der Waals surface area (Å²) in [5.74, 6) is -0.304. The molecule has 1 nitrogen and oxygen atoms in total. The number of hydrogen-bond donors (Lipinski definition) is 1. The van der Waals surface area contributed by atoms with E-state index in [9.17, 15) is 4.39 Å². The highest BCUT2D eigenvalue weighted by Gasteiger charge is 2.02. The summed E-state index contributed by atoms with van der Waals surface area (Å²) in [4.78, 5) is 0. The van der Waals surface area contributed by atoms with Gasteiger partial charge in [0.05, 0.1) is 5.69 Å². The quantitative estimate of drug-likeness (QED) is 0.615. The minimum Gasteiger partial charge on any atom is -0.396 e. The predicted octanol–water partition coefficient (Wildman–Crippen LogP) is 2.28. The van der Waals surface area contributed by atoms with E-state index in [1.54, 1.807) is 0 Å². The Balaban J connectivity index is 3.21. The third-order valence-corrected chi connectivity index (χ3v) is 1.80. The number of halogens is 1. The smallest absolute Gasteiger partial charge is 0.146 e. The van der Waals surface area contributed by atoms with Crippen LogP contribution in [0.2, 0.25) is 0 Å². The van der Waals surface area contributed by atoms with Crippen molar-refractivity contribution in [1.29, 1.82) is 0 Å². The number of nitrogens with two attached hydrogens (primary N) is 1. The van der Waals surface area contributed by atoms with Gasteiger partial charge in [0.1, 0.15) is 5.82 Å². The Morgan fingerprint density at radius 3 is 2.55 bits per heavy atom. The molecule has 0 fully saturated rings. The molecule has 60 valence electrons. The number of nitrogen functional groups attached to an aromatic ring is 1. The third-order valence-electron chi connectivity index (χ3n) is 1.80. The maximum Gasteiger partial charge on any atom is 0.146 e. The van der Waals surface area contributed by atoms with E-state index in [2.05, 4.69) is 0 Å². The molecule has 0 aliphatic heterocycles. The van der Waals surface area contributed by atoms with Crippen LogP contribution in [-0.2, 0) is 6.42 Å². The van der Waals surface area contributed by atoms with Crippen LogP contribution < -0.4 is 5.73 Å². The highest BCUT2D eigenvalue weighted by Crippen LogP contribution is 2.17. The highest BCUT2D eigenvalue weighted by molar-refractivity contribution is 5.49. The molecule has 0 aliphatic carbocycles. The van der Waals surface area contributed by atoms with Gasteiger partial charge in [-0.05, 0) is 30.5 Å². The Hall–Kier alpha value is -1.05. The Morgan fingerprint density at radius 2 is 2.09 bits per heavy atom. The summed E-state index contributed by atoms with van der Waals surface area (Å²) in [6.07, 6.45) is 0.845. The molecule has 0 bridgehead atoms. The molecular formula is C9H12FN. The molecular weight excluding hydrogens is 141 g/mol. The van der Waals surface area contributed by atoms with E-state index in [0.717, 1.165) is 17.5 Å². The molecule has 2 heteroatoms. The number of aryl methyl sites for hydroxylation is 2. The Bertz CT molecular complexity index is 245. The maximum absolute atomic E-state index is 12.9. The molecule has 2 N–H and O–H groups in total. The van der Waals surface area contributed by atoms with Crippen molar-refractivity contribution in [3.05, 3.63) is 29.1 Å². The molecule has 0 amide bonds. The lowest BCUT2D eigenvalue weighted by atomic mass is 10.1. The van der Waals surface area contributed by atoms with Gasteiger partial charge in [-0.1, -0.05) is 13.0 Å². The van der Waals surface area contributed by atoms with Crippen LogP contribution in [0.5, 0.6) is 0 Å². The maximum atomic E-state index is 12.9. The zero-order valence-electron chi connectivity index (χ0n) is 6.82. The fourth-order valence-corrected chi connectivity index (χ4v) is 1.03. The van der Waals surface area contributed by atoms with E-state index in [4.69, 9.17) is 5.73 Å². The molecule has 1 aromatic carbocycles. The van der Waals surface area contributed by atoms with Gasteiger partial charge in [-0.2, -0.15) is 0 Å². The molecule has 0 saturated carbocycles. The second kappa shape index (κ2) is 2.91. The molecule has 1 rings (SSSR count). The first kappa shape index (κ1) is 8.05. The molecule has 0 saturated heterocycles. The van der Waals surface area contributed by atoms with Crippen molar-refractivity contribution in [3.63, 3.8) is 0 Å². The predicted molar refractivity (Wildman–Crippen MR) is 44.9 cm³/mol. The Morgan fingerprint density at radius 1 is 1.45 bits per heavy atom. The van der Waals surface area contributed by atoms with E-state index in [1.165, 1.54) is 6.07 Å². The Labute approximate surface area is 66.0 Å². The van der Waals surface area contributed by atoms with E-state index in [0.29, 0.717) is 0 Å². The lowest BCUT2D eigenvalue weighted by molar-refractivity contribution is 0.629. The van der Waals surface area contributed by atoms with Gasteiger partial charge in [0.25, 0.3) is 0 Å². The molecule has 0 aliphatic rings. The molecule has 0 heterocycles. The largest absolute Gasteiger partial charge is 0.396 e. The summed E-state index contributed by atoms with van der Waals surface area (Å²) in [5.41, 5.74) is 7.51. The van der Waals surface area contributed by atoms with Crippen LogP contribution in [-0.4, -0.2) is 0 Å². The first-order valence-electron chi connectivity index (χ1n) is 3.69. The van der Waals surface area contributed by atoms with Crippen LogP contribution in [0, 0.1) is 12.7 Å². The second-order valence-electron chi connectivity index (χ2n) is 2.66. The molecule has 0 unspecified atom stereocenters. The van der Waals surface area contributed by atoms with E-state index in [1.807, 2.05) is 19.9 Å². The zero-order chi connectivity index (χ0) is 8.43. The van der Waals surface area contributed by atoms with Crippen molar-refractivity contribution in [1.82, 2.24) is 0 Å². The van der Waals surface area contributed by atoms with Crippen molar-refractivity contribution in [3.8, 4) is 0 Å². The fraction of sp³-hybridized carbons (Fsp3) is 0.333. The van der Waals surface area contributed by atoms with Crippen molar-refractivity contribution in [2.24, 2.45) is 0 Å². The van der Waals surface area contributed by atoms with Crippen LogP contribution in [0.3, 0.4) is 0 Å². The van der Waals surface area contributed by atoms with Crippen LogP contribution in [0.25, 0.3) is 0 Å². The Kier molecular flexibility index (Phi) is 2.13. The van der Waals surface area contributed by atoms with Gasteiger partial charge in [-0.25, -0.2) is 4.39 Å². The van der Waals surface area contributed by atoms with Crippen LogP contribution in [0.15, 0.2) is 12.1 Å². The topological polar surface area (TPSA) is 26.0 Å². The minimum absolute atomic E-state index is 0.266. The summed E-state index contributed by atoms with van der Waals surface area (Å²) in [5, 5.41) is 0. The van der Waals surface area contributed by atoms with Crippen molar-refractivity contribution in [2.45, 2.75) is 20.3 Å². The standard InChI is InChI=1S/C9H12FN/c1-3-7-4-6(2)9(11)8(10)5-7/h4-5H,3,11H2,1-2H3. The first-order valence-corrected chi connectivity index (χ1v) is 3.69. The van der Waals surface area contributed by atoms with Crippen molar-refractivity contribution < 1.29 is 4.39 Å². The van der Waals surface area contributed by atoms with Crippen molar-refractivity contribution >= 4 is 5.69 Å². The molecule has 0 atom stereocenters. The minimum atomic E-state index is -0.304. The average Bonchev–Trinajstić information content (AvgIpc) is 1.99. The summed E-state index contributed by atoms with van der Waals surface area (Å²) >= 11 is 0. The van der Waals surface area contributed by atoms with Crippen LogP contribution >= 0.6 is 0 Å². The normalized spacial score (nSPS) is 10.1. The summed E-state index contributed by atoms with van der Waals surface area (Å²) in [6.45, 7) is 3.81. The zero-order valence-corrected chi connectivity index (χ0v) is 6.82. The molecule has 1 aromatic rings. The molecule has 0 spiro atoms. The van der Waals surface area contributed by atoms with Gasteiger partial charge in [-0.15, -0.1) is 0 Å². The fourth-order valence-electron chi connectivity index (χ4n) is 1.03. The number of anilines is 1. The number of benzene rings is 1. The summed E-state index contributed by atoms with van der Waals surface area (Å²) < 4.78 is 12.9. The molecule has 0 radical (unpaired) electrons. The van der Waals surface area contributed by atoms with Gasteiger partial charge in [0.2, 0.25) is 0 Å². The summed E-state index contributed by atoms with van der Waals surface area (Å²) in [7, 11) is 0. The van der Waals surface area contributed by atoms with Crippen LogP contribution in [0.1, 0.15) is 18.1 Å². The second-order valence-corrected chi connectivity index (χ2v) is 2.66. The summed E-state index contributed by atoms with van der Waals surface area (Å²) in [6, 6.07) is 3.40. The third kappa shape index (κ3) is 1.50. The van der Waals surface area contributed by atoms with E-state index < -0.39 is 0 Å². The van der Waals surface area contributed by atoms with Gasteiger partial charge < -0.3 is 5.73 Å². The monoisotopic (exact) mass is 153 g/mol. The highest BCUT2D eigenvalue weighted by atomic mass is 19.1. The van der Waals surface area contributed by atoms with Gasteiger partial charge in [0.15, 0.2) is 0 Å². The first-order chi connectivity index (χ1) is 5.15. The van der Waals surface area contributed by atoms with Gasteiger partial charge in [-0.3, -0.25) is 0 Å². The lowest BCUT2D eigenvalue weighted by Crippen LogP contribution is -1.96. The van der Waals surface area contributed by atoms with Crippen molar-refractivity contribution in [2.75, 3.05) is 5.73 Å². The lowest BCUT2D eigenvalue weighted by Gasteiger charge is -2.03. The van der Waals surface area contributed by atoms with Crippen LogP contribution in [0.4, 0.5) is 10.1 Å². The molecule has 11 heavy (non-hydrogen) atoms. The van der Waals surface area contributed by atoms with E-state index in [-0.39, 0.29) is 11.5 Å². The molecule has 0 aromatic heterocycles.